The summed E-state index contributed by atoms with van der Waals surface area (Å²) in [5.41, 5.74) is 0.753. The normalized spacial score (nSPS) is 14.7. The van der Waals surface area contributed by atoms with Crippen LogP contribution in [0.5, 0.6) is 0 Å². The topological polar surface area (TPSA) is 77.3 Å². The highest BCUT2D eigenvalue weighted by atomic mass is 32.1. The van der Waals surface area contributed by atoms with Crippen molar-refractivity contribution >= 4 is 23.2 Å². The minimum atomic E-state index is -0.113. The molecule has 128 valence electrons. The average Bonchev–Trinajstić information content (AvgIpc) is 2.93. The number of nitrogens with zero attached hydrogens (tertiary/aromatic N) is 4. The second-order valence-corrected chi connectivity index (χ2v) is 7.18. The van der Waals surface area contributed by atoms with Crippen LogP contribution in [0.4, 0.5) is 0 Å². The zero-order valence-corrected chi connectivity index (χ0v) is 14.8. The molecule has 0 aliphatic carbocycles. The molecule has 0 aromatic carbocycles. The van der Waals surface area contributed by atoms with Gasteiger partial charge < -0.3 is 9.80 Å². The van der Waals surface area contributed by atoms with Gasteiger partial charge in [0.1, 0.15) is 11.8 Å². The van der Waals surface area contributed by atoms with Gasteiger partial charge in [-0.15, -0.1) is 11.3 Å². The highest BCUT2D eigenvalue weighted by Gasteiger charge is 2.24. The first-order chi connectivity index (χ1) is 12.1. The minimum Gasteiger partial charge on any atom is -0.337 e. The minimum absolute atomic E-state index is 0.0347. The number of carbonyl (C=O) groups is 2. The number of hydrogen-bond donors (Lipinski definition) is 0. The van der Waals surface area contributed by atoms with E-state index in [1.165, 1.54) is 17.5 Å². The van der Waals surface area contributed by atoms with E-state index in [-0.39, 0.29) is 17.5 Å². The molecule has 1 saturated heterocycles. The number of aryl methyl sites for hydroxylation is 1. The van der Waals surface area contributed by atoms with Crippen LogP contribution in [0.25, 0.3) is 0 Å². The van der Waals surface area contributed by atoms with Gasteiger partial charge in [-0.2, -0.15) is 5.26 Å². The number of nitriles is 1. The molecular weight excluding hydrogens is 336 g/mol. The first-order valence-corrected chi connectivity index (χ1v) is 8.91. The van der Waals surface area contributed by atoms with E-state index < -0.39 is 0 Å². The van der Waals surface area contributed by atoms with Crippen LogP contribution < -0.4 is 0 Å². The van der Waals surface area contributed by atoms with Gasteiger partial charge in [0.25, 0.3) is 11.8 Å². The van der Waals surface area contributed by atoms with Crippen molar-refractivity contribution in [1.82, 2.24) is 14.8 Å². The number of rotatable bonds is 2. The molecule has 1 fully saturated rings. The van der Waals surface area contributed by atoms with E-state index >= 15 is 0 Å². The lowest BCUT2D eigenvalue weighted by atomic mass is 10.2. The number of aromatic nitrogens is 1. The van der Waals surface area contributed by atoms with Crippen LogP contribution in [0.3, 0.4) is 0 Å². The zero-order chi connectivity index (χ0) is 17.8. The van der Waals surface area contributed by atoms with Crippen molar-refractivity contribution in [2.24, 2.45) is 0 Å². The van der Waals surface area contributed by atoms with Crippen molar-refractivity contribution in [1.29, 1.82) is 5.26 Å². The van der Waals surface area contributed by atoms with E-state index in [0.29, 0.717) is 31.7 Å². The van der Waals surface area contributed by atoms with E-state index in [4.69, 9.17) is 5.26 Å². The molecule has 0 N–H and O–H groups in total. The predicted octanol–water partition coefficient (Wildman–Crippen LogP) is 2.31. The number of hydrogen-bond acceptors (Lipinski definition) is 5. The highest BCUT2D eigenvalue weighted by molar-refractivity contribution is 7.13. The summed E-state index contributed by atoms with van der Waals surface area (Å²) in [5, 5.41) is 8.79. The van der Waals surface area contributed by atoms with Crippen molar-refractivity contribution in [3.8, 4) is 6.07 Å². The molecule has 2 aromatic heterocycles. The predicted molar refractivity (Wildman–Crippen MR) is 94.4 cm³/mol. The molecule has 0 unspecified atom stereocenters. The van der Waals surface area contributed by atoms with Crippen LogP contribution in [-0.4, -0.2) is 52.8 Å². The summed E-state index contributed by atoms with van der Waals surface area (Å²) >= 11 is 1.50. The van der Waals surface area contributed by atoms with E-state index in [2.05, 4.69) is 4.98 Å². The van der Waals surface area contributed by atoms with E-state index in [1.807, 2.05) is 30.0 Å². The third-order valence-corrected chi connectivity index (χ3v) is 5.14. The summed E-state index contributed by atoms with van der Waals surface area (Å²) in [4.78, 5) is 34.5. The van der Waals surface area contributed by atoms with Crippen molar-refractivity contribution in [2.45, 2.75) is 13.3 Å². The molecule has 25 heavy (non-hydrogen) atoms. The lowest BCUT2D eigenvalue weighted by molar-refractivity contribution is 0.0721. The smallest absolute Gasteiger partial charge is 0.263 e. The van der Waals surface area contributed by atoms with Crippen molar-refractivity contribution in [3.63, 3.8) is 0 Å². The standard InChI is InChI=1S/C18H18N4O2S/c1-13-3-6-16(25-13)18(24)22-8-2-7-21(9-10-22)17(23)14-4-5-15(11-19)20-12-14/h3-6,12H,2,7-10H2,1H3. The van der Waals surface area contributed by atoms with Gasteiger partial charge in [0.15, 0.2) is 0 Å². The van der Waals surface area contributed by atoms with Crippen molar-refractivity contribution < 1.29 is 9.59 Å². The quantitative estimate of drug-likeness (QED) is 0.829. The second-order valence-electron chi connectivity index (χ2n) is 5.89. The van der Waals surface area contributed by atoms with Gasteiger partial charge in [0.05, 0.1) is 10.4 Å². The van der Waals surface area contributed by atoms with Crippen LogP contribution in [-0.2, 0) is 0 Å². The fourth-order valence-corrected chi connectivity index (χ4v) is 3.63. The largest absolute Gasteiger partial charge is 0.337 e. The average molecular weight is 354 g/mol. The number of carbonyl (C=O) groups excluding carboxylic acids is 2. The fourth-order valence-electron chi connectivity index (χ4n) is 2.80. The van der Waals surface area contributed by atoms with E-state index in [0.717, 1.165) is 16.2 Å². The molecule has 1 aliphatic heterocycles. The van der Waals surface area contributed by atoms with Gasteiger partial charge in [-0.25, -0.2) is 4.98 Å². The molecule has 3 heterocycles. The summed E-state index contributed by atoms with van der Waals surface area (Å²) in [6, 6.07) is 8.91. The Morgan fingerprint density at radius 3 is 2.36 bits per heavy atom. The molecule has 2 aromatic rings. The molecule has 0 radical (unpaired) electrons. The van der Waals surface area contributed by atoms with Gasteiger partial charge in [0, 0.05) is 37.3 Å². The first-order valence-electron chi connectivity index (χ1n) is 8.09. The van der Waals surface area contributed by atoms with E-state index in [1.54, 1.807) is 17.0 Å². The molecule has 0 spiro atoms. The molecule has 0 atom stereocenters. The fraction of sp³-hybridized carbons (Fsp3) is 0.333. The Kier molecular flexibility index (Phi) is 5.10. The summed E-state index contributed by atoms with van der Waals surface area (Å²) in [5.74, 6) is -0.0781. The molecule has 0 bridgehead atoms. The number of thiophene rings is 1. The third-order valence-electron chi connectivity index (χ3n) is 4.15. The molecule has 0 saturated carbocycles. The Morgan fingerprint density at radius 1 is 1.08 bits per heavy atom. The molecule has 3 rings (SSSR count). The number of amides is 2. The number of pyridine rings is 1. The van der Waals surface area contributed by atoms with Crippen LogP contribution in [0.1, 0.15) is 37.0 Å². The van der Waals surface area contributed by atoms with Gasteiger partial charge in [-0.05, 0) is 37.6 Å². The maximum Gasteiger partial charge on any atom is 0.263 e. The lowest BCUT2D eigenvalue weighted by Gasteiger charge is -2.22. The Balaban J connectivity index is 1.65. The molecule has 2 amide bonds. The van der Waals surface area contributed by atoms with Gasteiger partial charge >= 0.3 is 0 Å². The van der Waals surface area contributed by atoms with Gasteiger partial charge in [-0.3, -0.25) is 9.59 Å². The SMILES string of the molecule is Cc1ccc(C(=O)N2CCCN(C(=O)c3ccc(C#N)nc3)CC2)s1. The van der Waals surface area contributed by atoms with E-state index in [9.17, 15) is 9.59 Å². The Hall–Kier alpha value is -2.72. The monoisotopic (exact) mass is 354 g/mol. The van der Waals surface area contributed by atoms with Crippen LogP contribution in [0.2, 0.25) is 0 Å². The highest BCUT2D eigenvalue weighted by Crippen LogP contribution is 2.18. The molecule has 7 heteroatoms. The first kappa shape index (κ1) is 17.1. The Morgan fingerprint density at radius 2 is 1.80 bits per heavy atom. The van der Waals surface area contributed by atoms with Gasteiger partial charge in [0.2, 0.25) is 0 Å². The third kappa shape index (κ3) is 3.86. The summed E-state index contributed by atoms with van der Waals surface area (Å²) < 4.78 is 0. The maximum absolute atomic E-state index is 12.6. The van der Waals surface area contributed by atoms with Gasteiger partial charge in [-0.1, -0.05) is 0 Å². The molecule has 6 nitrogen and oxygen atoms in total. The summed E-state index contributed by atoms with van der Waals surface area (Å²) in [6.07, 6.45) is 2.18. The summed E-state index contributed by atoms with van der Waals surface area (Å²) in [7, 11) is 0. The van der Waals surface area contributed by atoms with Crippen LogP contribution >= 0.6 is 11.3 Å². The Bertz CT molecular complexity index is 822. The van der Waals surface area contributed by atoms with Crippen molar-refractivity contribution in [2.75, 3.05) is 26.2 Å². The zero-order valence-electron chi connectivity index (χ0n) is 13.9. The maximum atomic E-state index is 12.6. The second kappa shape index (κ2) is 7.45. The van der Waals surface area contributed by atoms with Crippen molar-refractivity contribution in [3.05, 3.63) is 51.5 Å². The van der Waals surface area contributed by atoms with Crippen LogP contribution in [0, 0.1) is 18.3 Å². The lowest BCUT2D eigenvalue weighted by Crippen LogP contribution is -2.37. The molecule has 1 aliphatic rings. The molecular formula is C18H18N4O2S. The summed E-state index contributed by atoms with van der Waals surface area (Å²) in [6.45, 7) is 4.24. The Labute approximate surface area is 150 Å². The van der Waals surface area contributed by atoms with Crippen LogP contribution in [0.15, 0.2) is 30.5 Å².